The smallest absolute Gasteiger partial charge is 0.0110 e. The van der Waals surface area contributed by atoms with Gasteiger partial charge in [0.2, 0.25) is 0 Å². The topological polar surface area (TPSA) is 13.0 Å². The van der Waals surface area contributed by atoms with Crippen LogP contribution in [0.1, 0.15) is 55.6 Å². The van der Waals surface area contributed by atoms with E-state index in [1.165, 1.54) is 110 Å². The van der Waals surface area contributed by atoms with Crippen molar-refractivity contribution in [1.82, 2.24) is 19.6 Å². The largest absolute Gasteiger partial charge is 0.304 e. The van der Waals surface area contributed by atoms with Gasteiger partial charge in [-0.3, -0.25) is 0 Å². The van der Waals surface area contributed by atoms with E-state index in [2.05, 4.69) is 58.0 Å². The summed E-state index contributed by atoms with van der Waals surface area (Å²) >= 11 is 0. The molecular formula is C27H46N4. The predicted octanol–water partition coefficient (Wildman–Crippen LogP) is 3.78. The van der Waals surface area contributed by atoms with Crippen LogP contribution in [-0.2, 0) is 6.42 Å². The van der Waals surface area contributed by atoms with Crippen LogP contribution in [0.15, 0.2) is 24.3 Å². The zero-order valence-electron chi connectivity index (χ0n) is 20.3. The number of benzene rings is 1. The molecule has 0 amide bonds. The van der Waals surface area contributed by atoms with Crippen molar-refractivity contribution >= 4 is 0 Å². The molecule has 174 valence electrons. The minimum absolute atomic E-state index is 0.791. The van der Waals surface area contributed by atoms with Crippen LogP contribution in [0.5, 0.6) is 0 Å². The molecule has 4 nitrogen and oxygen atoms in total. The molecule has 1 aromatic carbocycles. The molecule has 4 heteroatoms. The third-order valence-corrected chi connectivity index (χ3v) is 8.24. The maximum atomic E-state index is 2.71. The van der Waals surface area contributed by atoms with Crippen molar-refractivity contribution in [3.8, 4) is 0 Å². The number of aryl methyl sites for hydroxylation is 1. The van der Waals surface area contributed by atoms with Gasteiger partial charge in [-0.1, -0.05) is 37.1 Å². The molecule has 2 heterocycles. The van der Waals surface area contributed by atoms with E-state index in [1.807, 2.05) is 0 Å². The molecule has 3 fully saturated rings. The molecule has 0 bridgehead atoms. The monoisotopic (exact) mass is 426 g/mol. The van der Waals surface area contributed by atoms with Crippen LogP contribution < -0.4 is 0 Å². The average molecular weight is 427 g/mol. The van der Waals surface area contributed by atoms with Gasteiger partial charge in [0.15, 0.2) is 0 Å². The highest BCUT2D eigenvalue weighted by atomic mass is 15.2. The van der Waals surface area contributed by atoms with Crippen molar-refractivity contribution in [2.24, 2.45) is 5.92 Å². The summed E-state index contributed by atoms with van der Waals surface area (Å²) < 4.78 is 0. The van der Waals surface area contributed by atoms with Crippen LogP contribution in [0.2, 0.25) is 0 Å². The fourth-order valence-corrected chi connectivity index (χ4v) is 5.97. The number of likely N-dealkylation sites (N-methyl/N-ethyl adjacent to an activating group) is 2. The first-order chi connectivity index (χ1) is 15.2. The van der Waals surface area contributed by atoms with Gasteiger partial charge in [0.25, 0.3) is 0 Å². The molecule has 1 saturated carbocycles. The Morgan fingerprint density at radius 3 is 2.13 bits per heavy atom. The second-order valence-electron chi connectivity index (χ2n) is 10.6. The molecule has 0 aromatic heterocycles. The molecule has 1 aliphatic carbocycles. The van der Waals surface area contributed by atoms with Crippen molar-refractivity contribution in [3.05, 3.63) is 35.4 Å². The standard InChI is InChI=1S/C27H46N4/c1-28-15-19-30(20-16-28)13-6-8-24-7-5-10-26(23-24)27-11-4-3-9-25(27)12-14-31-21-17-29(2)18-22-31/h5,7,10,23,25,27H,3-4,6,8-9,11-22H2,1-2H3. The van der Waals surface area contributed by atoms with Crippen molar-refractivity contribution < 1.29 is 0 Å². The summed E-state index contributed by atoms with van der Waals surface area (Å²) in [5.74, 6) is 1.67. The highest BCUT2D eigenvalue weighted by Gasteiger charge is 2.27. The maximum Gasteiger partial charge on any atom is 0.0110 e. The van der Waals surface area contributed by atoms with Crippen molar-refractivity contribution in [3.63, 3.8) is 0 Å². The molecule has 2 unspecified atom stereocenters. The molecule has 2 saturated heterocycles. The highest BCUT2D eigenvalue weighted by molar-refractivity contribution is 5.27. The van der Waals surface area contributed by atoms with Crippen LogP contribution in [0.4, 0.5) is 0 Å². The van der Waals surface area contributed by atoms with E-state index in [-0.39, 0.29) is 0 Å². The Kier molecular flexibility index (Phi) is 8.83. The number of nitrogens with zero attached hydrogens (tertiary/aromatic N) is 4. The van der Waals surface area contributed by atoms with E-state index >= 15 is 0 Å². The third kappa shape index (κ3) is 7.02. The molecule has 0 N–H and O–H groups in total. The average Bonchev–Trinajstić information content (AvgIpc) is 2.80. The highest BCUT2D eigenvalue weighted by Crippen LogP contribution is 2.40. The first-order valence-corrected chi connectivity index (χ1v) is 13.1. The summed E-state index contributed by atoms with van der Waals surface area (Å²) in [6.45, 7) is 12.5. The van der Waals surface area contributed by atoms with E-state index in [9.17, 15) is 0 Å². The Labute approximate surface area is 191 Å². The number of rotatable bonds is 8. The predicted molar refractivity (Wildman–Crippen MR) is 132 cm³/mol. The number of hydrogen-bond donors (Lipinski definition) is 0. The zero-order valence-corrected chi connectivity index (χ0v) is 20.3. The van der Waals surface area contributed by atoms with Crippen LogP contribution in [0.3, 0.4) is 0 Å². The molecular weight excluding hydrogens is 380 g/mol. The van der Waals surface area contributed by atoms with Crippen molar-refractivity contribution in [2.45, 2.75) is 50.9 Å². The van der Waals surface area contributed by atoms with Gasteiger partial charge in [-0.25, -0.2) is 0 Å². The lowest BCUT2D eigenvalue weighted by Crippen LogP contribution is -2.45. The summed E-state index contributed by atoms with van der Waals surface area (Å²) in [5.41, 5.74) is 3.20. The van der Waals surface area contributed by atoms with E-state index < -0.39 is 0 Å². The van der Waals surface area contributed by atoms with E-state index in [0.717, 1.165) is 11.8 Å². The van der Waals surface area contributed by atoms with Gasteiger partial charge in [-0.05, 0) is 82.3 Å². The molecule has 4 rings (SSSR count). The molecule has 2 atom stereocenters. The first-order valence-electron chi connectivity index (χ1n) is 13.1. The lowest BCUT2D eigenvalue weighted by Gasteiger charge is -2.36. The van der Waals surface area contributed by atoms with E-state index in [4.69, 9.17) is 0 Å². The van der Waals surface area contributed by atoms with E-state index in [1.54, 1.807) is 11.1 Å². The minimum atomic E-state index is 0.791. The quantitative estimate of drug-likeness (QED) is 0.627. The van der Waals surface area contributed by atoms with Gasteiger partial charge in [0.05, 0.1) is 0 Å². The Balaban J connectivity index is 1.27. The Morgan fingerprint density at radius 2 is 1.42 bits per heavy atom. The molecule has 2 aliphatic heterocycles. The zero-order chi connectivity index (χ0) is 21.5. The molecule has 31 heavy (non-hydrogen) atoms. The van der Waals surface area contributed by atoms with Gasteiger partial charge < -0.3 is 19.6 Å². The second-order valence-corrected chi connectivity index (χ2v) is 10.6. The van der Waals surface area contributed by atoms with Gasteiger partial charge >= 0.3 is 0 Å². The Bertz CT molecular complexity index is 646. The summed E-state index contributed by atoms with van der Waals surface area (Å²) in [6, 6.07) is 9.72. The normalized spacial score (nSPS) is 27.5. The van der Waals surface area contributed by atoms with Gasteiger partial charge in [0, 0.05) is 52.4 Å². The maximum absolute atomic E-state index is 2.71. The number of hydrogen-bond acceptors (Lipinski definition) is 4. The van der Waals surface area contributed by atoms with Crippen LogP contribution >= 0.6 is 0 Å². The van der Waals surface area contributed by atoms with Crippen LogP contribution in [0, 0.1) is 5.92 Å². The fraction of sp³-hybridized carbons (Fsp3) is 0.778. The second kappa shape index (κ2) is 11.8. The lowest BCUT2D eigenvalue weighted by atomic mass is 9.73. The molecule has 1 aromatic rings. The van der Waals surface area contributed by atoms with Crippen molar-refractivity contribution in [1.29, 1.82) is 0 Å². The summed E-state index contributed by atoms with van der Waals surface area (Å²) in [4.78, 5) is 10.3. The SMILES string of the molecule is CN1CCN(CCCc2cccc(C3CCCCC3CCN3CCN(C)CC3)c2)CC1. The minimum Gasteiger partial charge on any atom is -0.304 e. The van der Waals surface area contributed by atoms with E-state index in [0.29, 0.717) is 0 Å². The number of piperazine rings is 2. The third-order valence-electron chi connectivity index (χ3n) is 8.24. The molecule has 0 radical (unpaired) electrons. The molecule has 0 spiro atoms. The fourth-order valence-electron chi connectivity index (χ4n) is 5.97. The van der Waals surface area contributed by atoms with Crippen LogP contribution in [-0.4, -0.2) is 99.1 Å². The van der Waals surface area contributed by atoms with Gasteiger partial charge in [-0.2, -0.15) is 0 Å². The van der Waals surface area contributed by atoms with Crippen LogP contribution in [0.25, 0.3) is 0 Å². The first kappa shape index (κ1) is 23.2. The Hall–Kier alpha value is -0.940. The summed E-state index contributed by atoms with van der Waals surface area (Å²) in [6.07, 6.45) is 9.62. The Morgan fingerprint density at radius 1 is 0.774 bits per heavy atom. The summed E-state index contributed by atoms with van der Waals surface area (Å²) in [5, 5.41) is 0. The van der Waals surface area contributed by atoms with Crippen molar-refractivity contribution in [2.75, 3.05) is 79.5 Å². The summed E-state index contributed by atoms with van der Waals surface area (Å²) in [7, 11) is 4.50. The van der Waals surface area contributed by atoms with Gasteiger partial charge in [0.1, 0.15) is 0 Å². The lowest BCUT2D eigenvalue weighted by molar-refractivity contribution is 0.139. The van der Waals surface area contributed by atoms with Gasteiger partial charge in [-0.15, -0.1) is 0 Å². The molecule has 3 aliphatic rings.